The highest BCUT2D eigenvalue weighted by molar-refractivity contribution is 7.98. The zero-order valence-corrected chi connectivity index (χ0v) is 23.6. The maximum absolute atomic E-state index is 10.8. The number of carbonyl (C=O) groups is 1. The molecule has 9 nitrogen and oxygen atoms in total. The Morgan fingerprint density at radius 2 is 1.71 bits per heavy atom. The van der Waals surface area contributed by atoms with Crippen LogP contribution in [0.25, 0.3) is 28.0 Å². The fourth-order valence-corrected chi connectivity index (χ4v) is 5.19. The molecule has 5 aromatic rings. The van der Waals surface area contributed by atoms with Crippen molar-refractivity contribution in [2.75, 3.05) is 5.73 Å². The van der Waals surface area contributed by atoms with Crippen molar-refractivity contribution in [2.45, 2.75) is 36.9 Å². The number of aromatic nitrogens is 4. The van der Waals surface area contributed by atoms with E-state index in [0.717, 1.165) is 33.4 Å². The van der Waals surface area contributed by atoms with E-state index in [4.69, 9.17) is 15.6 Å². The van der Waals surface area contributed by atoms with Gasteiger partial charge < -0.3 is 25.6 Å². The Morgan fingerprint density at radius 1 is 1.02 bits per heavy atom. The Labute approximate surface area is 243 Å². The van der Waals surface area contributed by atoms with Gasteiger partial charge in [0.2, 0.25) is 0 Å². The first-order chi connectivity index (χ1) is 19.8. The van der Waals surface area contributed by atoms with Crippen LogP contribution in [0.5, 0.6) is 11.5 Å². The third-order valence-corrected chi connectivity index (χ3v) is 7.40. The van der Waals surface area contributed by atoms with Crippen molar-refractivity contribution in [1.82, 2.24) is 19.3 Å². The predicted molar refractivity (Wildman–Crippen MR) is 155 cm³/mol. The molecule has 0 saturated carbocycles. The number of aliphatic carboxylic acids is 1. The summed E-state index contributed by atoms with van der Waals surface area (Å²) in [5, 5.41) is 39.0. The van der Waals surface area contributed by atoms with Gasteiger partial charge in [-0.3, -0.25) is 4.57 Å². The number of carboxylic acid groups (broad SMARTS) is 1. The van der Waals surface area contributed by atoms with E-state index in [1.807, 2.05) is 62.0 Å². The molecular weight excluding hydrogens is 571 g/mol. The number of alkyl halides is 3. The summed E-state index contributed by atoms with van der Waals surface area (Å²) in [6, 6.07) is 19.2. The molecule has 0 spiro atoms. The van der Waals surface area contributed by atoms with Gasteiger partial charge >= 0.3 is 12.1 Å². The number of phenolic OH excluding ortho intramolecular Hbond substituents is 2. The van der Waals surface area contributed by atoms with Gasteiger partial charge in [-0.15, -0.1) is 10.2 Å². The zero-order valence-electron chi connectivity index (χ0n) is 22.8. The number of aryl methyl sites for hydroxylation is 1. The first-order valence-electron chi connectivity index (χ1n) is 12.6. The molecule has 5 rings (SSSR count). The molecule has 0 aliphatic heterocycles. The summed E-state index contributed by atoms with van der Waals surface area (Å²) in [6.45, 7) is 3.99. The van der Waals surface area contributed by atoms with Gasteiger partial charge in [0.15, 0.2) is 11.0 Å². The number of halogens is 3. The van der Waals surface area contributed by atoms with E-state index < -0.39 is 12.1 Å². The van der Waals surface area contributed by atoms with Crippen molar-refractivity contribution in [2.24, 2.45) is 7.05 Å². The molecule has 42 heavy (non-hydrogen) atoms. The Morgan fingerprint density at radius 3 is 2.36 bits per heavy atom. The summed E-state index contributed by atoms with van der Waals surface area (Å²) >= 11 is 1.53. The Balaban J connectivity index is 0.000000517. The number of para-hydroxylation sites is 1. The molecular formula is C29H28F3N5O4S. The number of rotatable bonds is 6. The summed E-state index contributed by atoms with van der Waals surface area (Å²) in [7, 11) is 2.01. The van der Waals surface area contributed by atoms with Gasteiger partial charge in [-0.1, -0.05) is 43.8 Å². The van der Waals surface area contributed by atoms with E-state index in [-0.39, 0.29) is 17.4 Å². The van der Waals surface area contributed by atoms with E-state index in [0.29, 0.717) is 22.3 Å². The highest BCUT2D eigenvalue weighted by Gasteiger charge is 2.38. The number of benzene rings is 3. The SMILES string of the molecule is CC(C)c1cc(-c2nnc(SCc3ccccc3N)n2-c2ccc3c(ccn3C)c2)c(O)cc1O.O=C(O)C(F)(F)F. The molecule has 0 fully saturated rings. The number of aromatic hydroxyl groups is 2. The predicted octanol–water partition coefficient (Wildman–Crippen LogP) is 6.47. The fraction of sp³-hybridized carbons (Fsp3) is 0.207. The van der Waals surface area contributed by atoms with Crippen LogP contribution in [0, 0.1) is 0 Å². The van der Waals surface area contributed by atoms with Gasteiger partial charge in [0, 0.05) is 41.7 Å². The standard InChI is InChI=1S/C27H27N5O2S.C2HF3O2/c1-16(2)20-13-21(25(34)14-24(20)33)26-29-30-27(35-15-18-6-4-5-7-22(18)28)32(26)19-8-9-23-17(12-19)10-11-31(23)3;3-2(4,5)1(6)7/h4-14,16,33-34H,15,28H2,1-3H3;(H,6,7). The first kappa shape index (κ1) is 30.3. The molecule has 0 saturated heterocycles. The zero-order chi connectivity index (χ0) is 30.8. The van der Waals surface area contributed by atoms with Crippen LogP contribution < -0.4 is 5.73 Å². The number of nitrogens with zero attached hydrogens (tertiary/aromatic N) is 4. The van der Waals surface area contributed by atoms with Crippen LogP contribution in [0.15, 0.2) is 72.0 Å². The second kappa shape index (κ2) is 12.1. The number of nitrogen functional groups attached to an aromatic ring is 1. The van der Waals surface area contributed by atoms with Crippen LogP contribution in [-0.2, 0) is 17.6 Å². The van der Waals surface area contributed by atoms with Crippen molar-refractivity contribution < 1.29 is 33.3 Å². The molecule has 0 bridgehead atoms. The minimum absolute atomic E-state index is 0.0507. The number of phenols is 2. The summed E-state index contributed by atoms with van der Waals surface area (Å²) in [4.78, 5) is 8.90. The second-order valence-electron chi connectivity index (χ2n) is 9.68. The average Bonchev–Trinajstić information content (AvgIpc) is 3.51. The van der Waals surface area contributed by atoms with Gasteiger partial charge in [0.05, 0.1) is 11.3 Å². The van der Waals surface area contributed by atoms with E-state index in [2.05, 4.69) is 33.0 Å². The van der Waals surface area contributed by atoms with Crippen molar-refractivity contribution in [3.05, 3.63) is 78.0 Å². The molecule has 13 heteroatoms. The van der Waals surface area contributed by atoms with E-state index >= 15 is 0 Å². The smallest absolute Gasteiger partial charge is 0.490 e. The van der Waals surface area contributed by atoms with Crippen LogP contribution in [0.3, 0.4) is 0 Å². The minimum Gasteiger partial charge on any atom is -0.508 e. The Kier molecular flexibility index (Phi) is 8.71. The topological polar surface area (TPSA) is 139 Å². The summed E-state index contributed by atoms with van der Waals surface area (Å²) in [5.74, 6) is -1.55. The molecule has 0 atom stereocenters. The van der Waals surface area contributed by atoms with E-state index in [9.17, 15) is 23.4 Å². The van der Waals surface area contributed by atoms with Crippen LogP contribution in [-0.4, -0.2) is 46.8 Å². The summed E-state index contributed by atoms with van der Waals surface area (Å²) < 4.78 is 35.8. The van der Waals surface area contributed by atoms with Gasteiger partial charge in [-0.05, 0) is 53.4 Å². The van der Waals surface area contributed by atoms with Crippen molar-refractivity contribution in [3.63, 3.8) is 0 Å². The molecule has 220 valence electrons. The number of fused-ring (bicyclic) bond motifs is 1. The van der Waals surface area contributed by atoms with Crippen LogP contribution in [0.4, 0.5) is 18.9 Å². The largest absolute Gasteiger partial charge is 0.508 e. The van der Waals surface area contributed by atoms with Crippen molar-refractivity contribution >= 4 is 34.3 Å². The molecule has 2 aromatic heterocycles. The second-order valence-corrected chi connectivity index (χ2v) is 10.6. The average molecular weight is 600 g/mol. The monoisotopic (exact) mass is 599 g/mol. The van der Waals surface area contributed by atoms with Gasteiger partial charge in [0.25, 0.3) is 0 Å². The minimum atomic E-state index is -5.08. The highest BCUT2D eigenvalue weighted by atomic mass is 32.2. The number of hydrogen-bond donors (Lipinski definition) is 4. The molecule has 0 aliphatic rings. The molecule has 2 heterocycles. The van der Waals surface area contributed by atoms with Crippen molar-refractivity contribution in [1.29, 1.82) is 0 Å². The lowest BCUT2D eigenvalue weighted by Crippen LogP contribution is -2.21. The van der Waals surface area contributed by atoms with E-state index in [1.165, 1.54) is 17.8 Å². The Bertz CT molecular complexity index is 1750. The third-order valence-electron chi connectivity index (χ3n) is 6.42. The van der Waals surface area contributed by atoms with Crippen molar-refractivity contribution in [3.8, 4) is 28.6 Å². The number of carboxylic acids is 1. The first-order valence-corrected chi connectivity index (χ1v) is 13.6. The highest BCUT2D eigenvalue weighted by Crippen LogP contribution is 2.40. The lowest BCUT2D eigenvalue weighted by molar-refractivity contribution is -0.192. The maximum Gasteiger partial charge on any atom is 0.490 e. The summed E-state index contributed by atoms with van der Waals surface area (Å²) in [6.07, 6.45) is -3.06. The van der Waals surface area contributed by atoms with Crippen LogP contribution in [0.1, 0.15) is 30.9 Å². The van der Waals surface area contributed by atoms with Crippen LogP contribution >= 0.6 is 11.8 Å². The normalized spacial score (nSPS) is 11.5. The molecule has 0 radical (unpaired) electrons. The molecule has 5 N–H and O–H groups in total. The fourth-order valence-electron chi connectivity index (χ4n) is 4.22. The number of nitrogens with two attached hydrogens (primary N) is 1. The molecule has 0 aliphatic carbocycles. The lowest BCUT2D eigenvalue weighted by Gasteiger charge is -2.15. The quantitative estimate of drug-likeness (QED) is 0.129. The third kappa shape index (κ3) is 6.46. The van der Waals surface area contributed by atoms with Gasteiger partial charge in [-0.2, -0.15) is 13.2 Å². The van der Waals surface area contributed by atoms with E-state index in [1.54, 1.807) is 6.07 Å². The molecule has 0 amide bonds. The molecule has 0 unspecified atom stereocenters. The number of anilines is 1. The molecule has 3 aromatic carbocycles. The van der Waals surface area contributed by atoms with Gasteiger partial charge in [-0.25, -0.2) is 4.79 Å². The lowest BCUT2D eigenvalue weighted by atomic mass is 9.98. The van der Waals surface area contributed by atoms with Crippen LogP contribution in [0.2, 0.25) is 0 Å². The van der Waals surface area contributed by atoms with Gasteiger partial charge in [0.1, 0.15) is 11.5 Å². The Hall–Kier alpha value is -4.65. The number of thioether (sulfide) groups is 1. The maximum atomic E-state index is 10.8. The number of hydrogen-bond acceptors (Lipinski definition) is 7. The summed E-state index contributed by atoms with van der Waals surface area (Å²) in [5.41, 5.74) is 11.1.